The highest BCUT2D eigenvalue weighted by Crippen LogP contribution is 2.27. The Morgan fingerprint density at radius 1 is 1.33 bits per heavy atom. The molecule has 0 radical (unpaired) electrons. The Hall–Kier alpha value is -1.26. The minimum atomic E-state index is -0.209. The Balaban J connectivity index is 1.96. The number of methoxy groups -OCH3 is 1. The zero-order valence-electron chi connectivity index (χ0n) is 12.5. The first-order valence-corrected chi connectivity index (χ1v) is 7.62. The van der Waals surface area contributed by atoms with Crippen molar-refractivity contribution in [2.24, 2.45) is 11.8 Å². The van der Waals surface area contributed by atoms with Crippen LogP contribution >= 0.6 is 11.6 Å². The fraction of sp³-hybridized carbons (Fsp3) is 0.562. The number of hydrogen-bond donors (Lipinski definition) is 0. The van der Waals surface area contributed by atoms with Crippen LogP contribution < -0.4 is 4.74 Å². The summed E-state index contributed by atoms with van der Waals surface area (Å²) in [6.07, 6.45) is 2.00. The van der Waals surface area contributed by atoms with Gasteiger partial charge < -0.3 is 14.4 Å². The number of halogens is 1. The molecule has 5 heteroatoms. The molecule has 0 saturated carbocycles. The van der Waals surface area contributed by atoms with Crippen LogP contribution in [-0.4, -0.2) is 44.7 Å². The zero-order valence-corrected chi connectivity index (χ0v) is 13.3. The maximum absolute atomic E-state index is 12.0. The third-order valence-electron chi connectivity index (χ3n) is 4.08. The molecule has 2 rings (SSSR count). The summed E-state index contributed by atoms with van der Waals surface area (Å²) in [7, 11) is 3.54. The van der Waals surface area contributed by atoms with Crippen LogP contribution in [0.15, 0.2) is 24.3 Å². The monoisotopic (exact) mass is 311 g/mol. The van der Waals surface area contributed by atoms with E-state index in [4.69, 9.17) is 21.1 Å². The van der Waals surface area contributed by atoms with Gasteiger partial charge in [0.1, 0.15) is 12.4 Å². The summed E-state index contributed by atoms with van der Waals surface area (Å²) >= 11 is 5.85. The maximum Gasteiger partial charge on any atom is 0.312 e. The van der Waals surface area contributed by atoms with Crippen LogP contribution in [0, 0.1) is 11.8 Å². The lowest BCUT2D eigenvalue weighted by Gasteiger charge is -2.32. The maximum atomic E-state index is 12.0. The van der Waals surface area contributed by atoms with Gasteiger partial charge in [0.15, 0.2) is 0 Å². The second-order valence-electron chi connectivity index (χ2n) is 5.54. The number of carbonyl (C=O) groups excluding carboxylic acids is 1. The fourth-order valence-corrected chi connectivity index (χ4v) is 2.82. The highest BCUT2D eigenvalue weighted by Gasteiger charge is 2.32. The Morgan fingerprint density at radius 3 is 2.52 bits per heavy atom. The fourth-order valence-electron chi connectivity index (χ4n) is 2.70. The molecular weight excluding hydrogens is 290 g/mol. The minimum Gasteiger partial charge on any atom is -0.493 e. The highest BCUT2D eigenvalue weighted by atomic mass is 35.5. The van der Waals surface area contributed by atoms with Crippen LogP contribution in [0.2, 0.25) is 5.02 Å². The average Bonchev–Trinajstić information content (AvgIpc) is 2.50. The number of esters is 1. The molecule has 116 valence electrons. The van der Waals surface area contributed by atoms with E-state index in [1.54, 1.807) is 12.1 Å². The molecule has 1 aromatic rings. The van der Waals surface area contributed by atoms with E-state index in [-0.39, 0.29) is 11.9 Å². The molecule has 1 fully saturated rings. The van der Waals surface area contributed by atoms with Gasteiger partial charge in [-0.15, -0.1) is 0 Å². The van der Waals surface area contributed by atoms with Crippen LogP contribution in [0.4, 0.5) is 0 Å². The molecule has 1 saturated heterocycles. The number of rotatable bonds is 5. The van der Waals surface area contributed by atoms with E-state index in [1.165, 1.54) is 7.11 Å². The van der Waals surface area contributed by atoms with E-state index in [0.717, 1.165) is 31.7 Å². The van der Waals surface area contributed by atoms with Crippen molar-refractivity contribution >= 4 is 17.6 Å². The van der Waals surface area contributed by atoms with E-state index in [1.807, 2.05) is 12.1 Å². The standard InChI is InChI=1S/C16H22ClNO3/c1-18-9-7-12(8-10-18)15(16(19)20-2)11-21-14-5-3-13(17)4-6-14/h3-6,12,15H,7-11H2,1-2H3. The molecule has 1 aromatic carbocycles. The normalized spacial score (nSPS) is 18.2. The predicted octanol–water partition coefficient (Wildman–Crippen LogP) is 2.85. The number of benzene rings is 1. The summed E-state index contributed by atoms with van der Waals surface area (Å²) in [5.41, 5.74) is 0. The second-order valence-corrected chi connectivity index (χ2v) is 5.97. The molecule has 0 aliphatic carbocycles. The quantitative estimate of drug-likeness (QED) is 0.784. The number of likely N-dealkylation sites (tertiary alicyclic amines) is 1. The van der Waals surface area contributed by atoms with Crippen molar-refractivity contribution in [3.63, 3.8) is 0 Å². The molecule has 0 spiro atoms. The number of carbonyl (C=O) groups is 1. The molecule has 0 bridgehead atoms. The SMILES string of the molecule is COC(=O)C(COc1ccc(Cl)cc1)C1CCN(C)CC1. The molecule has 0 aromatic heterocycles. The Kier molecular flexibility index (Phi) is 5.88. The van der Waals surface area contributed by atoms with Crippen molar-refractivity contribution in [2.75, 3.05) is 33.9 Å². The third-order valence-corrected chi connectivity index (χ3v) is 4.33. The molecule has 0 amide bonds. The Bertz CT molecular complexity index is 455. The van der Waals surface area contributed by atoms with Crippen LogP contribution in [-0.2, 0) is 9.53 Å². The third kappa shape index (κ3) is 4.61. The smallest absolute Gasteiger partial charge is 0.312 e. The first-order valence-electron chi connectivity index (χ1n) is 7.25. The van der Waals surface area contributed by atoms with Gasteiger partial charge in [0.05, 0.1) is 13.0 Å². The van der Waals surface area contributed by atoms with Crippen LogP contribution in [0.1, 0.15) is 12.8 Å². The average molecular weight is 312 g/mol. The van der Waals surface area contributed by atoms with E-state index in [2.05, 4.69) is 11.9 Å². The first-order chi connectivity index (χ1) is 10.1. The molecular formula is C16H22ClNO3. The molecule has 0 N–H and O–H groups in total. The zero-order chi connectivity index (χ0) is 15.2. The Labute approximate surface area is 131 Å². The van der Waals surface area contributed by atoms with Crippen molar-refractivity contribution in [1.82, 2.24) is 4.90 Å². The van der Waals surface area contributed by atoms with E-state index < -0.39 is 0 Å². The van der Waals surface area contributed by atoms with Gasteiger partial charge in [0.2, 0.25) is 0 Å². The Morgan fingerprint density at radius 2 is 1.95 bits per heavy atom. The van der Waals surface area contributed by atoms with Crippen LogP contribution in [0.25, 0.3) is 0 Å². The highest BCUT2D eigenvalue weighted by molar-refractivity contribution is 6.30. The molecule has 1 aliphatic rings. The number of nitrogens with zero attached hydrogens (tertiary/aromatic N) is 1. The van der Waals surface area contributed by atoms with E-state index >= 15 is 0 Å². The summed E-state index contributed by atoms with van der Waals surface area (Å²) in [6, 6.07) is 7.18. The molecule has 1 atom stereocenters. The summed E-state index contributed by atoms with van der Waals surface area (Å²) in [6.45, 7) is 2.38. The lowest BCUT2D eigenvalue weighted by atomic mass is 9.85. The number of piperidine rings is 1. The van der Waals surface area contributed by atoms with Crippen molar-refractivity contribution < 1.29 is 14.3 Å². The number of ether oxygens (including phenoxy) is 2. The largest absolute Gasteiger partial charge is 0.493 e. The molecule has 4 nitrogen and oxygen atoms in total. The van der Waals surface area contributed by atoms with Gasteiger partial charge in [0.25, 0.3) is 0 Å². The van der Waals surface area contributed by atoms with Gasteiger partial charge in [-0.1, -0.05) is 11.6 Å². The van der Waals surface area contributed by atoms with Crippen LogP contribution in [0.3, 0.4) is 0 Å². The van der Waals surface area contributed by atoms with Crippen molar-refractivity contribution in [3.8, 4) is 5.75 Å². The predicted molar refractivity (Wildman–Crippen MR) is 82.7 cm³/mol. The molecule has 1 aliphatic heterocycles. The van der Waals surface area contributed by atoms with Crippen molar-refractivity contribution in [2.45, 2.75) is 12.8 Å². The van der Waals surface area contributed by atoms with Gasteiger partial charge in [0, 0.05) is 5.02 Å². The number of hydrogen-bond acceptors (Lipinski definition) is 4. The molecule has 1 unspecified atom stereocenters. The topological polar surface area (TPSA) is 38.8 Å². The van der Waals surface area contributed by atoms with Crippen molar-refractivity contribution in [3.05, 3.63) is 29.3 Å². The summed E-state index contributed by atoms with van der Waals surface area (Å²) in [5.74, 6) is 0.653. The first kappa shape index (κ1) is 16.1. The van der Waals surface area contributed by atoms with Gasteiger partial charge in [-0.05, 0) is 63.2 Å². The summed E-state index contributed by atoms with van der Waals surface area (Å²) in [4.78, 5) is 14.3. The van der Waals surface area contributed by atoms with Gasteiger partial charge in [-0.3, -0.25) is 4.79 Å². The summed E-state index contributed by atoms with van der Waals surface area (Å²) < 4.78 is 10.7. The molecule has 1 heterocycles. The van der Waals surface area contributed by atoms with Gasteiger partial charge >= 0.3 is 5.97 Å². The molecule has 21 heavy (non-hydrogen) atoms. The van der Waals surface area contributed by atoms with Gasteiger partial charge in [-0.25, -0.2) is 0 Å². The van der Waals surface area contributed by atoms with Crippen LogP contribution in [0.5, 0.6) is 5.75 Å². The van der Waals surface area contributed by atoms with E-state index in [0.29, 0.717) is 17.5 Å². The summed E-state index contributed by atoms with van der Waals surface area (Å²) in [5, 5.41) is 0.669. The minimum absolute atomic E-state index is 0.182. The second kappa shape index (κ2) is 7.66. The van der Waals surface area contributed by atoms with Gasteiger partial charge in [-0.2, -0.15) is 0 Å². The van der Waals surface area contributed by atoms with Crippen molar-refractivity contribution in [1.29, 1.82) is 0 Å². The lowest BCUT2D eigenvalue weighted by Crippen LogP contribution is -2.38. The van der Waals surface area contributed by atoms with E-state index in [9.17, 15) is 4.79 Å². The lowest BCUT2D eigenvalue weighted by molar-refractivity contribution is -0.149.